The lowest BCUT2D eigenvalue weighted by molar-refractivity contribution is 0.0625. The van der Waals surface area contributed by atoms with Crippen LogP contribution in [-0.4, -0.2) is 44.4 Å². The first-order chi connectivity index (χ1) is 21.4. The Labute approximate surface area is 269 Å². The van der Waals surface area contributed by atoms with Crippen molar-refractivity contribution in [2.75, 3.05) is 13.7 Å². The Bertz CT molecular complexity index is 1920. The number of hydrogen-bond acceptors (Lipinski definition) is 6. The molecule has 5 aromatic rings. The van der Waals surface area contributed by atoms with Crippen LogP contribution in [0, 0.1) is 5.82 Å². The van der Waals surface area contributed by atoms with Crippen LogP contribution < -0.4 is 10.1 Å². The fraction of sp³-hybridized carbons (Fsp3) is 0.265. The van der Waals surface area contributed by atoms with Crippen molar-refractivity contribution in [3.05, 3.63) is 117 Å². The van der Waals surface area contributed by atoms with Gasteiger partial charge >= 0.3 is 0 Å². The standard InChI is InChI=1S/C34H31Cl2FN4O4/c1-33(2,43)24-17-27(39-31(30(24)37)23-10-7-11-25(35)29(23)36)34(44,21-8-5-4-6-9-21)18-38-32(42)20-14-22-16-26(19-12-13-19)40-41(22)28(15-20)45-3/h4-11,14-17,19,43-44H,12-13,18H2,1-3H3,(H,38,42)/t34-/m1/s1. The molecule has 1 aliphatic rings. The third-order valence-corrected chi connectivity index (χ3v) is 8.84. The molecule has 1 atom stereocenters. The number of benzene rings is 2. The first kappa shape index (κ1) is 31.0. The van der Waals surface area contributed by atoms with Crippen molar-refractivity contribution in [3.63, 3.8) is 0 Å². The molecule has 6 rings (SSSR count). The Balaban J connectivity index is 1.43. The Morgan fingerprint density at radius 2 is 1.80 bits per heavy atom. The van der Waals surface area contributed by atoms with Gasteiger partial charge in [0.05, 0.1) is 46.2 Å². The van der Waals surface area contributed by atoms with E-state index in [1.165, 1.54) is 27.0 Å². The SMILES string of the molecule is COc1cc(C(=O)NC[C@@](O)(c2ccccc2)c2cc(C(C)(C)O)c(F)c(-c3cccc(Cl)c3Cl)n2)cc2cc(C3CC3)nn12. The van der Waals surface area contributed by atoms with Crippen LogP contribution in [0.2, 0.25) is 10.0 Å². The zero-order valence-corrected chi connectivity index (χ0v) is 26.3. The predicted octanol–water partition coefficient (Wildman–Crippen LogP) is 6.62. The lowest BCUT2D eigenvalue weighted by atomic mass is 9.86. The fourth-order valence-corrected chi connectivity index (χ4v) is 5.75. The molecule has 0 spiro atoms. The van der Waals surface area contributed by atoms with Crippen molar-refractivity contribution in [3.8, 4) is 17.1 Å². The molecule has 3 heterocycles. The molecule has 8 nitrogen and oxygen atoms in total. The summed E-state index contributed by atoms with van der Waals surface area (Å²) in [5.41, 5.74) is -1.46. The lowest BCUT2D eigenvalue weighted by Crippen LogP contribution is -2.42. The number of halogens is 3. The van der Waals surface area contributed by atoms with Gasteiger partial charge in [-0.2, -0.15) is 5.10 Å². The summed E-state index contributed by atoms with van der Waals surface area (Å²) < 4.78 is 23.2. The van der Waals surface area contributed by atoms with Gasteiger partial charge in [0.1, 0.15) is 11.3 Å². The van der Waals surface area contributed by atoms with Crippen LogP contribution in [0.1, 0.15) is 65.5 Å². The number of rotatable bonds is 9. The van der Waals surface area contributed by atoms with Crippen LogP contribution in [-0.2, 0) is 11.2 Å². The van der Waals surface area contributed by atoms with Gasteiger partial charge in [0.2, 0.25) is 5.88 Å². The highest BCUT2D eigenvalue weighted by atomic mass is 35.5. The number of nitrogens with zero attached hydrogens (tertiary/aromatic N) is 3. The summed E-state index contributed by atoms with van der Waals surface area (Å²) in [6.07, 6.45) is 2.16. The number of aromatic nitrogens is 3. The molecular weight excluding hydrogens is 618 g/mol. The monoisotopic (exact) mass is 648 g/mol. The van der Waals surface area contributed by atoms with Crippen molar-refractivity contribution < 1.29 is 24.1 Å². The lowest BCUT2D eigenvalue weighted by Gasteiger charge is -2.31. The van der Waals surface area contributed by atoms with E-state index in [2.05, 4.69) is 15.4 Å². The van der Waals surface area contributed by atoms with Crippen molar-refractivity contribution >= 4 is 34.6 Å². The number of fused-ring (bicyclic) bond motifs is 1. The molecule has 1 saturated carbocycles. The van der Waals surface area contributed by atoms with Gasteiger partial charge in [-0.05, 0) is 56.5 Å². The second-order valence-corrected chi connectivity index (χ2v) is 12.5. The normalized spacial score (nSPS) is 14.8. The number of carbonyl (C=O) groups is 1. The summed E-state index contributed by atoms with van der Waals surface area (Å²) in [5.74, 6) is -0.499. The van der Waals surface area contributed by atoms with Crippen LogP contribution >= 0.6 is 23.2 Å². The third kappa shape index (κ3) is 5.89. The molecule has 0 radical (unpaired) electrons. The van der Waals surface area contributed by atoms with Gasteiger partial charge in [-0.15, -0.1) is 0 Å². The molecule has 0 unspecified atom stereocenters. The maximum absolute atomic E-state index is 16.0. The summed E-state index contributed by atoms with van der Waals surface area (Å²) in [6, 6.07) is 19.8. The van der Waals surface area contributed by atoms with E-state index < -0.39 is 22.9 Å². The Hall–Kier alpha value is -4.02. The summed E-state index contributed by atoms with van der Waals surface area (Å²) >= 11 is 12.7. The highest BCUT2D eigenvalue weighted by molar-refractivity contribution is 6.43. The minimum atomic E-state index is -1.96. The van der Waals surface area contributed by atoms with E-state index >= 15 is 4.39 Å². The van der Waals surface area contributed by atoms with Gasteiger partial charge in [-0.3, -0.25) is 4.79 Å². The van der Waals surface area contributed by atoms with E-state index in [1.54, 1.807) is 65.2 Å². The molecule has 3 aromatic heterocycles. The Kier molecular flexibility index (Phi) is 8.07. The number of methoxy groups -OCH3 is 1. The van der Waals surface area contributed by atoms with Crippen LogP contribution in [0.4, 0.5) is 4.39 Å². The van der Waals surface area contributed by atoms with E-state index in [9.17, 15) is 15.0 Å². The number of aliphatic hydroxyl groups is 2. The number of hydrogen-bond donors (Lipinski definition) is 3. The fourth-order valence-electron chi connectivity index (χ4n) is 5.36. The molecule has 45 heavy (non-hydrogen) atoms. The minimum absolute atomic E-state index is 0.0172. The van der Waals surface area contributed by atoms with Gasteiger partial charge in [0.25, 0.3) is 5.91 Å². The molecular formula is C34H31Cl2FN4O4. The molecule has 2 aromatic carbocycles. The maximum Gasteiger partial charge on any atom is 0.251 e. The highest BCUT2D eigenvalue weighted by Gasteiger charge is 2.38. The van der Waals surface area contributed by atoms with Crippen molar-refractivity contribution in [2.45, 2.75) is 43.8 Å². The summed E-state index contributed by atoms with van der Waals surface area (Å²) in [4.78, 5) is 18.2. The minimum Gasteiger partial charge on any atom is -0.481 e. The number of pyridine rings is 2. The smallest absolute Gasteiger partial charge is 0.251 e. The molecule has 3 N–H and O–H groups in total. The van der Waals surface area contributed by atoms with E-state index in [4.69, 9.17) is 27.9 Å². The van der Waals surface area contributed by atoms with Gasteiger partial charge in [0.15, 0.2) is 5.82 Å². The summed E-state index contributed by atoms with van der Waals surface area (Å²) in [7, 11) is 1.51. The maximum atomic E-state index is 16.0. The number of ether oxygens (including phenoxy) is 1. The van der Waals surface area contributed by atoms with Crippen LogP contribution in [0.15, 0.2) is 72.8 Å². The van der Waals surface area contributed by atoms with Crippen molar-refractivity contribution in [2.24, 2.45) is 0 Å². The molecule has 232 valence electrons. The number of nitrogens with one attached hydrogen (secondary N) is 1. The molecule has 1 aliphatic carbocycles. The second kappa shape index (κ2) is 11.7. The van der Waals surface area contributed by atoms with E-state index in [1.807, 2.05) is 6.07 Å². The molecule has 0 saturated heterocycles. The predicted molar refractivity (Wildman–Crippen MR) is 170 cm³/mol. The zero-order chi connectivity index (χ0) is 32.1. The summed E-state index contributed by atoms with van der Waals surface area (Å²) in [6.45, 7) is 2.51. The third-order valence-electron chi connectivity index (χ3n) is 8.02. The molecule has 11 heteroatoms. The van der Waals surface area contributed by atoms with Crippen LogP contribution in [0.3, 0.4) is 0 Å². The van der Waals surface area contributed by atoms with Gasteiger partial charge in [-0.1, -0.05) is 65.7 Å². The largest absolute Gasteiger partial charge is 0.481 e. The topological polar surface area (TPSA) is 109 Å². The Morgan fingerprint density at radius 1 is 1.07 bits per heavy atom. The van der Waals surface area contributed by atoms with Crippen LogP contribution in [0.25, 0.3) is 16.8 Å². The molecule has 0 bridgehead atoms. The number of amides is 1. The van der Waals surface area contributed by atoms with E-state index in [0.717, 1.165) is 18.5 Å². The quantitative estimate of drug-likeness (QED) is 0.166. The van der Waals surface area contributed by atoms with E-state index in [0.29, 0.717) is 28.4 Å². The van der Waals surface area contributed by atoms with Gasteiger partial charge in [-0.25, -0.2) is 13.9 Å². The summed E-state index contributed by atoms with van der Waals surface area (Å²) in [5, 5.41) is 31.1. The van der Waals surface area contributed by atoms with Crippen LogP contribution in [0.5, 0.6) is 5.88 Å². The molecule has 0 aliphatic heterocycles. The highest BCUT2D eigenvalue weighted by Crippen LogP contribution is 2.41. The van der Waals surface area contributed by atoms with E-state index in [-0.39, 0.29) is 39.1 Å². The zero-order valence-electron chi connectivity index (χ0n) is 24.8. The first-order valence-corrected chi connectivity index (χ1v) is 15.2. The van der Waals surface area contributed by atoms with Gasteiger partial charge < -0.3 is 20.3 Å². The first-order valence-electron chi connectivity index (χ1n) is 14.4. The Morgan fingerprint density at radius 3 is 2.47 bits per heavy atom. The van der Waals surface area contributed by atoms with Crippen molar-refractivity contribution in [1.82, 2.24) is 19.9 Å². The average molecular weight is 650 g/mol. The molecule has 1 amide bonds. The van der Waals surface area contributed by atoms with Crippen molar-refractivity contribution in [1.29, 1.82) is 0 Å². The second-order valence-electron chi connectivity index (χ2n) is 11.8. The number of carbonyl (C=O) groups excluding carboxylic acids is 1. The average Bonchev–Trinajstić information content (AvgIpc) is 3.79. The van der Waals surface area contributed by atoms with Gasteiger partial charge in [0, 0.05) is 28.7 Å². The molecule has 1 fully saturated rings.